The van der Waals surface area contributed by atoms with Gasteiger partial charge < -0.3 is 9.15 Å². The van der Waals surface area contributed by atoms with Crippen LogP contribution in [0.2, 0.25) is 0 Å². The minimum atomic E-state index is -0.240. The van der Waals surface area contributed by atoms with Crippen LogP contribution in [-0.4, -0.2) is 17.1 Å². The topological polar surface area (TPSA) is 86.2 Å². The van der Waals surface area contributed by atoms with Gasteiger partial charge in [-0.25, -0.2) is 15.4 Å². The first-order valence-corrected chi connectivity index (χ1v) is 4.69. The van der Waals surface area contributed by atoms with Crippen LogP contribution < -0.4 is 16.0 Å². The molecule has 0 radical (unpaired) electrons. The van der Waals surface area contributed by atoms with Crippen LogP contribution >= 0.6 is 0 Å². The van der Waals surface area contributed by atoms with Crippen molar-refractivity contribution in [1.82, 2.24) is 15.4 Å². The van der Waals surface area contributed by atoms with E-state index in [2.05, 4.69) is 15.4 Å². The molecule has 0 aliphatic heterocycles. The highest BCUT2D eigenvalue weighted by Gasteiger charge is 2.15. The fraction of sp³-hybridized carbons (Fsp3) is 0.200. The van der Waals surface area contributed by atoms with E-state index in [1.165, 1.54) is 6.33 Å². The quantitative estimate of drug-likeness (QED) is 0.580. The van der Waals surface area contributed by atoms with Crippen molar-refractivity contribution in [3.8, 4) is 5.88 Å². The average molecular weight is 220 g/mol. The van der Waals surface area contributed by atoms with Crippen molar-refractivity contribution in [2.45, 2.75) is 6.04 Å². The number of methoxy groups -OCH3 is 1. The third-order valence-corrected chi connectivity index (χ3v) is 2.21. The molecule has 2 heterocycles. The van der Waals surface area contributed by atoms with Gasteiger partial charge in [0.1, 0.15) is 6.33 Å². The molecule has 0 saturated carbocycles. The maximum absolute atomic E-state index is 5.49. The Morgan fingerprint density at radius 1 is 1.50 bits per heavy atom. The summed E-state index contributed by atoms with van der Waals surface area (Å²) >= 11 is 0. The Bertz CT molecular complexity index is 444. The van der Waals surface area contributed by atoms with Gasteiger partial charge in [0.15, 0.2) is 0 Å². The number of aromatic nitrogens is 2. The lowest BCUT2D eigenvalue weighted by Crippen LogP contribution is -2.29. The maximum atomic E-state index is 5.49. The van der Waals surface area contributed by atoms with E-state index in [-0.39, 0.29) is 6.04 Å². The molecule has 3 N–H and O–H groups in total. The van der Waals surface area contributed by atoms with Gasteiger partial charge in [-0.05, 0) is 6.07 Å². The molecule has 84 valence electrons. The number of hydrazine groups is 1. The Balaban J connectivity index is 2.33. The number of nitrogens with two attached hydrogens (primary N) is 1. The zero-order valence-corrected chi connectivity index (χ0v) is 8.75. The highest BCUT2D eigenvalue weighted by Crippen LogP contribution is 2.21. The molecule has 2 rings (SSSR count). The van der Waals surface area contributed by atoms with E-state index < -0.39 is 0 Å². The van der Waals surface area contributed by atoms with Crippen molar-refractivity contribution in [2.75, 3.05) is 7.11 Å². The second-order valence-corrected chi connectivity index (χ2v) is 3.14. The van der Waals surface area contributed by atoms with Crippen molar-refractivity contribution in [2.24, 2.45) is 5.84 Å². The lowest BCUT2D eigenvalue weighted by Gasteiger charge is -2.13. The Morgan fingerprint density at radius 3 is 3.00 bits per heavy atom. The zero-order chi connectivity index (χ0) is 11.4. The largest absolute Gasteiger partial charge is 0.481 e. The summed E-state index contributed by atoms with van der Waals surface area (Å²) in [7, 11) is 1.55. The Morgan fingerprint density at radius 2 is 2.38 bits per heavy atom. The standard InChI is InChI=1S/C10H12N4O2/c1-15-9-4-8(12-6-13-9)10(14-11)7-2-3-16-5-7/h2-6,10,14H,11H2,1H3. The summed E-state index contributed by atoms with van der Waals surface area (Å²) in [5.74, 6) is 5.99. The summed E-state index contributed by atoms with van der Waals surface area (Å²) in [6.07, 6.45) is 4.62. The van der Waals surface area contributed by atoms with Gasteiger partial charge >= 0.3 is 0 Å². The summed E-state index contributed by atoms with van der Waals surface area (Å²) in [6, 6.07) is 3.30. The highest BCUT2D eigenvalue weighted by molar-refractivity contribution is 5.26. The van der Waals surface area contributed by atoms with Crippen LogP contribution in [0, 0.1) is 0 Å². The predicted octanol–water partition coefficient (Wildman–Crippen LogP) is 0.631. The van der Waals surface area contributed by atoms with E-state index in [1.54, 1.807) is 25.7 Å². The van der Waals surface area contributed by atoms with Crippen molar-refractivity contribution in [3.63, 3.8) is 0 Å². The molecule has 1 unspecified atom stereocenters. The summed E-state index contributed by atoms with van der Waals surface area (Å²) in [5.41, 5.74) is 4.28. The Labute approximate surface area is 92.4 Å². The normalized spacial score (nSPS) is 12.4. The molecule has 1 atom stereocenters. The van der Waals surface area contributed by atoms with E-state index in [0.717, 1.165) is 11.3 Å². The summed E-state index contributed by atoms with van der Waals surface area (Å²) < 4.78 is 10.0. The van der Waals surface area contributed by atoms with Gasteiger partial charge in [-0.3, -0.25) is 5.84 Å². The molecule has 0 bridgehead atoms. The fourth-order valence-electron chi connectivity index (χ4n) is 1.41. The Kier molecular flexibility index (Phi) is 3.13. The lowest BCUT2D eigenvalue weighted by atomic mass is 10.1. The number of hydrogen-bond donors (Lipinski definition) is 2. The molecule has 6 nitrogen and oxygen atoms in total. The summed E-state index contributed by atoms with van der Waals surface area (Å²) in [5, 5.41) is 0. The maximum Gasteiger partial charge on any atom is 0.216 e. The van der Waals surface area contributed by atoms with Crippen LogP contribution in [0.25, 0.3) is 0 Å². The summed E-state index contributed by atoms with van der Waals surface area (Å²) in [6.45, 7) is 0. The molecule has 0 amide bonds. The second kappa shape index (κ2) is 4.73. The summed E-state index contributed by atoms with van der Waals surface area (Å²) in [4.78, 5) is 8.07. The molecule has 0 fully saturated rings. The lowest BCUT2D eigenvalue weighted by molar-refractivity contribution is 0.395. The van der Waals surface area contributed by atoms with Crippen LogP contribution in [0.1, 0.15) is 17.3 Å². The number of rotatable bonds is 4. The fourth-order valence-corrected chi connectivity index (χ4v) is 1.41. The van der Waals surface area contributed by atoms with Crippen LogP contribution in [0.3, 0.4) is 0 Å². The molecular weight excluding hydrogens is 208 g/mol. The van der Waals surface area contributed by atoms with Gasteiger partial charge in [0.05, 0.1) is 31.4 Å². The van der Waals surface area contributed by atoms with Crippen LogP contribution in [0.4, 0.5) is 0 Å². The van der Waals surface area contributed by atoms with Gasteiger partial charge in [0.2, 0.25) is 5.88 Å². The SMILES string of the molecule is COc1cc(C(NN)c2ccoc2)ncn1. The first kappa shape index (κ1) is 10.6. The van der Waals surface area contributed by atoms with Crippen LogP contribution in [-0.2, 0) is 0 Å². The van der Waals surface area contributed by atoms with E-state index in [1.807, 2.05) is 6.07 Å². The predicted molar refractivity (Wildman–Crippen MR) is 56.5 cm³/mol. The van der Waals surface area contributed by atoms with Crippen molar-refractivity contribution < 1.29 is 9.15 Å². The minimum absolute atomic E-state index is 0.240. The van der Waals surface area contributed by atoms with Gasteiger partial charge in [0.25, 0.3) is 0 Å². The molecule has 0 aliphatic rings. The number of hydrogen-bond acceptors (Lipinski definition) is 6. The minimum Gasteiger partial charge on any atom is -0.481 e. The monoisotopic (exact) mass is 220 g/mol. The van der Waals surface area contributed by atoms with E-state index in [4.69, 9.17) is 15.0 Å². The molecule has 0 saturated heterocycles. The van der Waals surface area contributed by atoms with E-state index in [0.29, 0.717) is 5.88 Å². The van der Waals surface area contributed by atoms with Gasteiger partial charge in [-0.2, -0.15) is 0 Å². The smallest absolute Gasteiger partial charge is 0.216 e. The van der Waals surface area contributed by atoms with Gasteiger partial charge in [-0.1, -0.05) is 0 Å². The third-order valence-electron chi connectivity index (χ3n) is 2.21. The number of furan rings is 1. The van der Waals surface area contributed by atoms with Gasteiger partial charge in [-0.15, -0.1) is 0 Å². The first-order valence-electron chi connectivity index (χ1n) is 4.69. The van der Waals surface area contributed by atoms with Crippen molar-refractivity contribution in [1.29, 1.82) is 0 Å². The highest BCUT2D eigenvalue weighted by atomic mass is 16.5. The van der Waals surface area contributed by atoms with Crippen molar-refractivity contribution >= 4 is 0 Å². The third kappa shape index (κ3) is 2.02. The molecule has 0 spiro atoms. The Hall–Kier alpha value is -1.92. The number of ether oxygens (including phenoxy) is 1. The second-order valence-electron chi connectivity index (χ2n) is 3.14. The molecular formula is C10H12N4O2. The molecule has 2 aromatic rings. The first-order chi connectivity index (χ1) is 7.85. The van der Waals surface area contributed by atoms with Crippen LogP contribution in [0.15, 0.2) is 35.4 Å². The molecule has 2 aromatic heterocycles. The number of nitrogens with zero attached hydrogens (tertiary/aromatic N) is 2. The van der Waals surface area contributed by atoms with Crippen LogP contribution in [0.5, 0.6) is 5.88 Å². The van der Waals surface area contributed by atoms with Gasteiger partial charge in [0, 0.05) is 11.6 Å². The van der Waals surface area contributed by atoms with E-state index >= 15 is 0 Å². The molecule has 6 heteroatoms. The average Bonchev–Trinajstić information content (AvgIpc) is 2.84. The molecule has 0 aliphatic carbocycles. The number of nitrogens with one attached hydrogen (secondary N) is 1. The molecule has 0 aromatic carbocycles. The molecule has 16 heavy (non-hydrogen) atoms. The zero-order valence-electron chi connectivity index (χ0n) is 8.75. The van der Waals surface area contributed by atoms with E-state index in [9.17, 15) is 0 Å². The van der Waals surface area contributed by atoms with Crippen molar-refractivity contribution in [3.05, 3.63) is 42.2 Å².